The summed E-state index contributed by atoms with van der Waals surface area (Å²) in [7, 11) is 1.71. The molecule has 1 N–H and O–H groups in total. The van der Waals surface area contributed by atoms with Crippen LogP contribution in [0.4, 0.5) is 4.79 Å². The monoisotopic (exact) mass is 323 g/mol. The second kappa shape index (κ2) is 5.64. The number of likely N-dealkylation sites (N-methyl/N-ethyl adjacent to an activating group) is 1. The molecule has 0 bridgehead atoms. The Labute approximate surface area is 141 Å². The third kappa shape index (κ3) is 2.29. The van der Waals surface area contributed by atoms with Crippen LogP contribution in [0.2, 0.25) is 0 Å². The van der Waals surface area contributed by atoms with Crippen LogP contribution >= 0.6 is 0 Å². The molecule has 2 aliphatic carbocycles. The fraction of sp³-hybridized carbons (Fsp3) is 0.350. The SMILES string of the molecule is CN(C(=O)OCC1c2ccccc2-c2ccccc21)C1(CO)CC1. The molecule has 0 atom stereocenters. The summed E-state index contributed by atoms with van der Waals surface area (Å²) in [6.45, 7) is 0.312. The molecule has 4 rings (SSSR count). The van der Waals surface area contributed by atoms with Crippen molar-refractivity contribution in [3.63, 3.8) is 0 Å². The molecule has 0 unspecified atom stereocenters. The molecule has 0 saturated heterocycles. The minimum atomic E-state index is -0.400. The Morgan fingerprint density at radius 1 is 1.12 bits per heavy atom. The van der Waals surface area contributed by atoms with Gasteiger partial charge in [0, 0.05) is 13.0 Å². The number of amides is 1. The largest absolute Gasteiger partial charge is 0.448 e. The maximum Gasteiger partial charge on any atom is 0.410 e. The van der Waals surface area contributed by atoms with Gasteiger partial charge in [0.05, 0.1) is 12.1 Å². The Hall–Kier alpha value is -2.33. The highest BCUT2D eigenvalue weighted by atomic mass is 16.6. The molecule has 4 nitrogen and oxygen atoms in total. The molecular formula is C20H21NO3. The van der Waals surface area contributed by atoms with Gasteiger partial charge in [-0.15, -0.1) is 0 Å². The van der Waals surface area contributed by atoms with Crippen LogP contribution in [0.15, 0.2) is 48.5 Å². The maximum absolute atomic E-state index is 12.4. The fourth-order valence-electron chi connectivity index (χ4n) is 3.63. The molecule has 0 spiro atoms. The molecule has 1 saturated carbocycles. The molecule has 2 aromatic rings. The van der Waals surface area contributed by atoms with Crippen LogP contribution in [0.25, 0.3) is 11.1 Å². The first kappa shape index (κ1) is 15.2. The topological polar surface area (TPSA) is 49.8 Å². The van der Waals surface area contributed by atoms with Crippen molar-refractivity contribution in [3.8, 4) is 11.1 Å². The first-order valence-corrected chi connectivity index (χ1v) is 8.36. The van der Waals surface area contributed by atoms with E-state index >= 15 is 0 Å². The third-order valence-corrected chi connectivity index (χ3v) is 5.44. The number of carbonyl (C=O) groups excluding carboxylic acids is 1. The lowest BCUT2D eigenvalue weighted by Gasteiger charge is -2.26. The number of ether oxygens (including phenoxy) is 1. The quantitative estimate of drug-likeness (QED) is 0.938. The van der Waals surface area contributed by atoms with E-state index in [1.165, 1.54) is 22.3 Å². The van der Waals surface area contributed by atoms with Crippen LogP contribution in [0.5, 0.6) is 0 Å². The average Bonchev–Trinajstić information content (AvgIpc) is 3.37. The van der Waals surface area contributed by atoms with Gasteiger partial charge in [-0.25, -0.2) is 4.79 Å². The van der Waals surface area contributed by atoms with Crippen molar-refractivity contribution >= 4 is 6.09 Å². The number of hydrogen-bond donors (Lipinski definition) is 1. The van der Waals surface area contributed by atoms with Gasteiger partial charge >= 0.3 is 6.09 Å². The van der Waals surface area contributed by atoms with Gasteiger partial charge < -0.3 is 14.7 Å². The van der Waals surface area contributed by atoms with Gasteiger partial charge in [0.25, 0.3) is 0 Å². The Balaban J connectivity index is 1.54. The summed E-state index contributed by atoms with van der Waals surface area (Å²) in [4.78, 5) is 13.9. The summed E-state index contributed by atoms with van der Waals surface area (Å²) in [6.07, 6.45) is 1.32. The molecule has 0 aliphatic heterocycles. The van der Waals surface area contributed by atoms with Gasteiger partial charge in [0.15, 0.2) is 0 Å². The summed E-state index contributed by atoms with van der Waals surface area (Å²) >= 11 is 0. The van der Waals surface area contributed by atoms with Crippen molar-refractivity contribution < 1.29 is 14.6 Å². The predicted octanol–water partition coefficient (Wildman–Crippen LogP) is 3.39. The van der Waals surface area contributed by atoms with Crippen molar-refractivity contribution in [3.05, 3.63) is 59.7 Å². The zero-order valence-electron chi connectivity index (χ0n) is 13.7. The van der Waals surface area contributed by atoms with Crippen LogP contribution in [-0.2, 0) is 4.74 Å². The van der Waals surface area contributed by atoms with Crippen LogP contribution in [-0.4, -0.2) is 41.9 Å². The molecule has 2 aromatic carbocycles. The number of aliphatic hydroxyl groups is 1. The predicted molar refractivity (Wildman–Crippen MR) is 91.9 cm³/mol. The number of hydrogen-bond acceptors (Lipinski definition) is 3. The zero-order chi connectivity index (χ0) is 16.7. The first-order chi connectivity index (χ1) is 11.7. The van der Waals surface area contributed by atoms with E-state index in [9.17, 15) is 9.90 Å². The first-order valence-electron chi connectivity index (χ1n) is 8.36. The van der Waals surface area contributed by atoms with E-state index < -0.39 is 5.54 Å². The Bertz CT molecular complexity index is 736. The van der Waals surface area contributed by atoms with Gasteiger partial charge in [-0.1, -0.05) is 48.5 Å². The molecule has 24 heavy (non-hydrogen) atoms. The van der Waals surface area contributed by atoms with E-state index in [4.69, 9.17) is 4.74 Å². The molecule has 1 fully saturated rings. The van der Waals surface area contributed by atoms with Gasteiger partial charge in [0.1, 0.15) is 6.61 Å². The van der Waals surface area contributed by atoms with E-state index in [0.717, 1.165) is 12.8 Å². The number of nitrogens with zero attached hydrogens (tertiary/aromatic N) is 1. The number of aliphatic hydroxyl groups excluding tert-OH is 1. The minimum absolute atomic E-state index is 0.00625. The normalized spacial score (nSPS) is 17.1. The second-order valence-corrected chi connectivity index (χ2v) is 6.75. The third-order valence-electron chi connectivity index (χ3n) is 5.44. The summed E-state index contributed by atoms with van der Waals surface area (Å²) in [5.41, 5.74) is 4.45. The van der Waals surface area contributed by atoms with E-state index in [1.807, 2.05) is 24.3 Å². The summed E-state index contributed by atoms with van der Waals surface area (Å²) in [5, 5.41) is 9.47. The highest BCUT2D eigenvalue weighted by molar-refractivity contribution is 5.79. The second-order valence-electron chi connectivity index (χ2n) is 6.75. The van der Waals surface area contributed by atoms with E-state index in [1.54, 1.807) is 11.9 Å². The molecular weight excluding hydrogens is 302 g/mol. The number of rotatable bonds is 4. The lowest BCUT2D eigenvalue weighted by atomic mass is 9.98. The lowest BCUT2D eigenvalue weighted by molar-refractivity contribution is 0.0717. The van der Waals surface area contributed by atoms with E-state index in [-0.39, 0.29) is 18.6 Å². The fourth-order valence-corrected chi connectivity index (χ4v) is 3.63. The molecule has 2 aliphatic rings. The number of fused-ring (bicyclic) bond motifs is 3. The zero-order valence-corrected chi connectivity index (χ0v) is 13.7. The van der Waals surface area contributed by atoms with Crippen LogP contribution in [0.3, 0.4) is 0 Å². The van der Waals surface area contributed by atoms with Gasteiger partial charge in [-0.05, 0) is 35.1 Å². The van der Waals surface area contributed by atoms with Crippen molar-refractivity contribution in [2.45, 2.75) is 24.3 Å². The molecule has 1 amide bonds. The van der Waals surface area contributed by atoms with Crippen molar-refractivity contribution in [1.82, 2.24) is 4.90 Å². The van der Waals surface area contributed by atoms with Crippen LogP contribution < -0.4 is 0 Å². The highest BCUT2D eigenvalue weighted by Gasteiger charge is 2.48. The van der Waals surface area contributed by atoms with Crippen molar-refractivity contribution in [1.29, 1.82) is 0 Å². The molecule has 4 heteroatoms. The Morgan fingerprint density at radius 3 is 2.17 bits per heavy atom. The van der Waals surface area contributed by atoms with Crippen molar-refractivity contribution in [2.75, 3.05) is 20.3 Å². The Morgan fingerprint density at radius 2 is 1.67 bits per heavy atom. The van der Waals surface area contributed by atoms with Gasteiger partial charge in [-0.2, -0.15) is 0 Å². The minimum Gasteiger partial charge on any atom is -0.448 e. The van der Waals surface area contributed by atoms with Gasteiger partial charge in [0.2, 0.25) is 0 Å². The van der Waals surface area contributed by atoms with Crippen LogP contribution in [0.1, 0.15) is 29.9 Å². The van der Waals surface area contributed by atoms with E-state index in [0.29, 0.717) is 6.61 Å². The average molecular weight is 323 g/mol. The Kier molecular flexibility index (Phi) is 3.57. The standard InChI is InChI=1S/C20H21NO3/c1-21(20(13-22)10-11-20)19(23)24-12-18-16-8-4-2-6-14(16)15-7-3-5-9-17(15)18/h2-9,18,22H,10-13H2,1H3. The molecule has 0 heterocycles. The smallest absolute Gasteiger partial charge is 0.410 e. The van der Waals surface area contributed by atoms with Gasteiger partial charge in [-0.3, -0.25) is 0 Å². The summed E-state index contributed by atoms with van der Waals surface area (Å²) < 4.78 is 5.61. The lowest BCUT2D eigenvalue weighted by Crippen LogP contribution is -2.42. The summed E-state index contributed by atoms with van der Waals surface area (Å²) in [5.74, 6) is 0.0685. The molecule has 124 valence electrons. The number of carbonyl (C=O) groups is 1. The molecule has 0 aromatic heterocycles. The summed E-state index contributed by atoms with van der Waals surface area (Å²) in [6, 6.07) is 16.6. The van der Waals surface area contributed by atoms with E-state index in [2.05, 4.69) is 24.3 Å². The van der Waals surface area contributed by atoms with Crippen molar-refractivity contribution in [2.24, 2.45) is 0 Å². The maximum atomic E-state index is 12.4. The molecule has 0 radical (unpaired) electrons. The van der Waals surface area contributed by atoms with Crippen LogP contribution in [0, 0.1) is 0 Å². The highest BCUT2D eigenvalue weighted by Crippen LogP contribution is 2.45. The number of benzene rings is 2.